The zero-order valence-electron chi connectivity index (χ0n) is 36.5. The second-order valence-electron chi connectivity index (χ2n) is 15.5. The van der Waals surface area contributed by atoms with Crippen molar-refractivity contribution in [1.29, 1.82) is 0 Å². The Bertz CT molecular complexity index is 2250. The molecule has 0 saturated carbocycles. The topological polar surface area (TPSA) is 202 Å². The first-order valence-corrected chi connectivity index (χ1v) is 19.4. The van der Waals surface area contributed by atoms with E-state index >= 15 is 0 Å². The summed E-state index contributed by atoms with van der Waals surface area (Å²) in [6.07, 6.45) is -1.70. The van der Waals surface area contributed by atoms with E-state index in [1.807, 2.05) is 36.4 Å². The molecule has 5 aromatic carbocycles. The molecule has 62 heavy (non-hydrogen) atoms. The minimum atomic E-state index is -0.606. The number of anilines is 6. The van der Waals surface area contributed by atoms with Crippen LogP contribution in [0.1, 0.15) is 67.8 Å². The lowest BCUT2D eigenvalue weighted by Crippen LogP contribution is -2.27. The standard InChI is InChI=1S/C27H29N3O5.C19H23N3O3.CH4O/c1-27(2,3)35-26(33)28-21-15-13-20(14-16-21)24(31)30(4)23-12-8-11-22(17-23)29-25(32)34-18-19-9-6-5-7-10-19;1-19(2,3)25-18(24)21-15-10-8-13(9-11-15)17(23)22(4)16-7-5-6-14(20)12-16;1-2/h5-17H,18H2,1-4H3,(H,28,33)(H,29,32);5-12H,20H2,1-4H3,(H,21,24);2H,1H3. The number of aliphatic hydroxyl groups excluding tert-OH is 1. The Kier molecular flexibility index (Phi) is 18.0. The van der Waals surface area contributed by atoms with Crippen LogP contribution in [0.5, 0.6) is 0 Å². The predicted octanol–water partition coefficient (Wildman–Crippen LogP) is 9.56. The van der Waals surface area contributed by atoms with Crippen molar-refractivity contribution >= 4 is 64.2 Å². The quantitative estimate of drug-likeness (QED) is 0.0702. The highest BCUT2D eigenvalue weighted by atomic mass is 16.6. The van der Waals surface area contributed by atoms with Crippen LogP contribution in [0.3, 0.4) is 0 Å². The van der Waals surface area contributed by atoms with Crippen LogP contribution < -0.4 is 31.5 Å². The van der Waals surface area contributed by atoms with Crippen molar-refractivity contribution in [3.63, 3.8) is 0 Å². The first-order chi connectivity index (χ1) is 29.3. The second-order valence-corrected chi connectivity index (χ2v) is 15.5. The summed E-state index contributed by atoms with van der Waals surface area (Å²) in [5, 5.41) is 14.9. The minimum Gasteiger partial charge on any atom is -0.444 e. The largest absolute Gasteiger partial charge is 0.444 e. The van der Waals surface area contributed by atoms with E-state index in [4.69, 9.17) is 25.1 Å². The highest BCUT2D eigenvalue weighted by molar-refractivity contribution is 6.07. The highest BCUT2D eigenvalue weighted by Gasteiger charge is 2.19. The van der Waals surface area contributed by atoms with Crippen LogP contribution in [0.15, 0.2) is 127 Å². The first-order valence-electron chi connectivity index (χ1n) is 19.4. The molecule has 0 fully saturated rings. The SMILES string of the molecule is CN(C(=O)c1ccc(NC(=O)OC(C)(C)C)cc1)c1cccc(N)c1.CN(C(=O)c1ccc(NC(=O)OC(C)(C)C)cc1)c1cccc(NC(=O)OCc2ccccc2)c1.CO. The number of rotatable bonds is 9. The van der Waals surface area contributed by atoms with E-state index in [1.54, 1.807) is 147 Å². The molecule has 5 aromatic rings. The number of aliphatic hydroxyl groups is 1. The maximum absolute atomic E-state index is 13.0. The molecule has 0 aliphatic carbocycles. The van der Waals surface area contributed by atoms with Crippen molar-refractivity contribution in [1.82, 2.24) is 0 Å². The fourth-order valence-corrected chi connectivity index (χ4v) is 5.26. The molecule has 0 unspecified atom stereocenters. The van der Waals surface area contributed by atoms with E-state index in [0.29, 0.717) is 45.3 Å². The van der Waals surface area contributed by atoms with Gasteiger partial charge in [0.1, 0.15) is 17.8 Å². The van der Waals surface area contributed by atoms with Gasteiger partial charge in [0, 0.05) is 66.5 Å². The highest BCUT2D eigenvalue weighted by Crippen LogP contribution is 2.23. The lowest BCUT2D eigenvalue weighted by Gasteiger charge is -2.20. The maximum atomic E-state index is 13.0. The molecule has 0 radical (unpaired) electrons. The van der Waals surface area contributed by atoms with E-state index in [1.165, 1.54) is 9.80 Å². The Morgan fingerprint density at radius 3 is 1.39 bits per heavy atom. The molecule has 5 rings (SSSR count). The van der Waals surface area contributed by atoms with Crippen LogP contribution in [0.25, 0.3) is 0 Å². The molecule has 328 valence electrons. The molecule has 0 heterocycles. The molecule has 5 amide bonds. The van der Waals surface area contributed by atoms with Crippen molar-refractivity contribution in [3.8, 4) is 0 Å². The van der Waals surface area contributed by atoms with E-state index in [0.717, 1.165) is 12.7 Å². The van der Waals surface area contributed by atoms with Gasteiger partial charge in [-0.15, -0.1) is 0 Å². The van der Waals surface area contributed by atoms with Gasteiger partial charge in [-0.25, -0.2) is 14.4 Å². The van der Waals surface area contributed by atoms with Gasteiger partial charge < -0.3 is 34.9 Å². The Morgan fingerprint density at radius 2 is 0.952 bits per heavy atom. The molecule has 0 atom stereocenters. The third kappa shape index (κ3) is 16.7. The molecule has 15 nitrogen and oxygen atoms in total. The van der Waals surface area contributed by atoms with Crippen LogP contribution in [0.4, 0.5) is 48.5 Å². The summed E-state index contributed by atoms with van der Waals surface area (Å²) in [4.78, 5) is 64.3. The van der Waals surface area contributed by atoms with Crippen LogP contribution in [-0.4, -0.2) is 67.6 Å². The van der Waals surface area contributed by atoms with Crippen molar-refractivity contribution in [2.24, 2.45) is 0 Å². The summed E-state index contributed by atoms with van der Waals surface area (Å²) >= 11 is 0. The number of ether oxygens (including phenoxy) is 3. The molecular weight excluding hydrogens is 793 g/mol. The van der Waals surface area contributed by atoms with Gasteiger partial charge in [0.15, 0.2) is 0 Å². The monoisotopic (exact) mass is 848 g/mol. The number of hydrogen-bond donors (Lipinski definition) is 5. The number of carbonyl (C=O) groups excluding carboxylic acids is 5. The molecule has 0 spiro atoms. The van der Waals surface area contributed by atoms with Crippen LogP contribution in [0, 0.1) is 0 Å². The third-order valence-electron chi connectivity index (χ3n) is 8.11. The second kappa shape index (κ2) is 22.8. The van der Waals surface area contributed by atoms with Crippen molar-refractivity contribution in [2.45, 2.75) is 59.4 Å². The smallest absolute Gasteiger partial charge is 0.412 e. The van der Waals surface area contributed by atoms with Crippen molar-refractivity contribution in [3.05, 3.63) is 144 Å². The number of benzene rings is 5. The number of nitrogens with zero attached hydrogens (tertiary/aromatic N) is 2. The van der Waals surface area contributed by atoms with E-state index < -0.39 is 29.5 Å². The Morgan fingerprint density at radius 1 is 0.532 bits per heavy atom. The zero-order chi connectivity index (χ0) is 46.0. The average molecular weight is 849 g/mol. The molecule has 6 N–H and O–H groups in total. The van der Waals surface area contributed by atoms with Gasteiger partial charge in [-0.3, -0.25) is 25.5 Å². The third-order valence-corrected chi connectivity index (χ3v) is 8.11. The number of hydrogen-bond acceptors (Lipinski definition) is 10. The van der Waals surface area contributed by atoms with Gasteiger partial charge in [0.05, 0.1) is 0 Å². The first kappa shape index (κ1) is 49.0. The predicted molar refractivity (Wildman–Crippen MR) is 244 cm³/mol. The van der Waals surface area contributed by atoms with Crippen molar-refractivity contribution < 1.29 is 43.3 Å². The van der Waals surface area contributed by atoms with Gasteiger partial charge in [0.25, 0.3) is 11.8 Å². The zero-order valence-corrected chi connectivity index (χ0v) is 36.5. The molecule has 0 saturated heterocycles. The fraction of sp³-hybridized carbons (Fsp3) is 0.255. The number of nitrogens with two attached hydrogens (primary N) is 1. The van der Waals surface area contributed by atoms with E-state index in [2.05, 4.69) is 16.0 Å². The van der Waals surface area contributed by atoms with Gasteiger partial charge in [-0.1, -0.05) is 42.5 Å². The van der Waals surface area contributed by atoms with Crippen molar-refractivity contribution in [2.75, 3.05) is 52.7 Å². The summed E-state index contributed by atoms with van der Waals surface area (Å²) < 4.78 is 15.7. The Hall–Kier alpha value is -7.39. The molecular formula is C47H56N6O9. The summed E-state index contributed by atoms with van der Waals surface area (Å²) in [5.74, 6) is -0.424. The molecule has 15 heteroatoms. The molecule has 0 aromatic heterocycles. The molecule has 0 bridgehead atoms. The normalized spacial score (nSPS) is 10.5. The number of nitrogen functional groups attached to an aromatic ring is 1. The number of nitrogens with one attached hydrogen (secondary N) is 3. The Balaban J connectivity index is 0.000000334. The summed E-state index contributed by atoms with van der Waals surface area (Å²) in [5.41, 5.74) is 9.85. The van der Waals surface area contributed by atoms with Crippen LogP contribution in [-0.2, 0) is 20.8 Å². The fourth-order valence-electron chi connectivity index (χ4n) is 5.26. The maximum Gasteiger partial charge on any atom is 0.412 e. The lowest BCUT2D eigenvalue weighted by molar-refractivity contribution is 0.0624. The van der Waals surface area contributed by atoms with Gasteiger partial charge in [-0.05, 0) is 132 Å². The summed E-state index contributed by atoms with van der Waals surface area (Å²) in [7, 11) is 4.33. The van der Waals surface area contributed by atoms with Gasteiger partial charge in [-0.2, -0.15) is 0 Å². The lowest BCUT2D eigenvalue weighted by atomic mass is 10.1. The van der Waals surface area contributed by atoms with E-state index in [9.17, 15) is 24.0 Å². The molecule has 0 aliphatic rings. The van der Waals surface area contributed by atoms with Gasteiger partial charge >= 0.3 is 18.3 Å². The number of amides is 5. The minimum absolute atomic E-state index is 0.156. The summed E-state index contributed by atoms with van der Waals surface area (Å²) in [6, 6.07) is 36.5. The number of carbonyl (C=O) groups is 5. The van der Waals surface area contributed by atoms with E-state index in [-0.39, 0.29) is 18.4 Å². The average Bonchev–Trinajstić information content (AvgIpc) is 3.22. The Labute approximate surface area is 362 Å². The summed E-state index contributed by atoms with van der Waals surface area (Å²) in [6.45, 7) is 10.9. The van der Waals surface area contributed by atoms with Gasteiger partial charge in [0.2, 0.25) is 0 Å². The van der Waals surface area contributed by atoms with Crippen LogP contribution >= 0.6 is 0 Å². The van der Waals surface area contributed by atoms with Crippen LogP contribution in [0.2, 0.25) is 0 Å². The molecule has 0 aliphatic heterocycles.